The number of carbonyl (C=O) groups is 1. The van der Waals surface area contributed by atoms with Crippen molar-refractivity contribution in [2.24, 2.45) is 4.99 Å². The van der Waals surface area contributed by atoms with Gasteiger partial charge in [0.15, 0.2) is 0 Å². The quantitative estimate of drug-likeness (QED) is 0.684. The molecular formula is C28H30N2O3. The Bertz CT molecular complexity index is 1130. The molecule has 2 aromatic rings. The van der Waals surface area contributed by atoms with Gasteiger partial charge in [-0.2, -0.15) is 0 Å². The molecule has 1 N–H and O–H groups in total. The lowest BCUT2D eigenvalue weighted by atomic mass is 9.89. The highest BCUT2D eigenvalue weighted by molar-refractivity contribution is 6.30. The lowest BCUT2D eigenvalue weighted by Crippen LogP contribution is -2.35. The van der Waals surface area contributed by atoms with Crippen molar-refractivity contribution in [2.45, 2.75) is 26.4 Å². The largest absolute Gasteiger partial charge is 0.478 e. The summed E-state index contributed by atoms with van der Waals surface area (Å²) in [5.74, 6) is -0.991. The first-order valence-corrected chi connectivity index (χ1v) is 11.4. The maximum Gasteiger partial charge on any atom is 0.337 e. The molecule has 2 aliphatic rings. The Hall–Kier alpha value is -3.28. The summed E-state index contributed by atoms with van der Waals surface area (Å²) < 4.78 is 5.48. The zero-order valence-corrected chi connectivity index (χ0v) is 19.3. The summed E-state index contributed by atoms with van der Waals surface area (Å²) in [6.07, 6.45) is 3.61. The highest BCUT2D eigenvalue weighted by Crippen LogP contribution is 2.30. The van der Waals surface area contributed by atoms with Crippen LogP contribution in [0, 0.1) is 0 Å². The van der Waals surface area contributed by atoms with E-state index in [1.54, 1.807) is 6.08 Å². The SMILES string of the molecule is C=C1C=C(c2ccc(-c3ccccc3CN3CCOCC3)cc2)C=C(C(=O)O)C1=NC(C)C. The number of hydrogen-bond donors (Lipinski definition) is 1. The van der Waals surface area contributed by atoms with E-state index in [4.69, 9.17) is 4.74 Å². The molecule has 1 aliphatic carbocycles. The number of morpholine rings is 1. The predicted octanol–water partition coefficient (Wildman–Crippen LogP) is 5.00. The Morgan fingerprint density at radius 2 is 1.73 bits per heavy atom. The van der Waals surface area contributed by atoms with Crippen LogP contribution in [0.15, 0.2) is 83.4 Å². The van der Waals surface area contributed by atoms with Gasteiger partial charge in [-0.15, -0.1) is 0 Å². The first-order chi connectivity index (χ1) is 15.9. The predicted molar refractivity (Wildman–Crippen MR) is 133 cm³/mol. The molecule has 0 aromatic heterocycles. The van der Waals surface area contributed by atoms with Crippen LogP contribution < -0.4 is 0 Å². The van der Waals surface area contributed by atoms with Gasteiger partial charge in [-0.3, -0.25) is 9.89 Å². The molecule has 33 heavy (non-hydrogen) atoms. The fourth-order valence-electron chi connectivity index (χ4n) is 4.22. The van der Waals surface area contributed by atoms with Crippen LogP contribution in [0.2, 0.25) is 0 Å². The molecule has 5 heteroatoms. The number of allylic oxidation sites excluding steroid dienone is 4. The van der Waals surface area contributed by atoms with E-state index in [0.29, 0.717) is 11.3 Å². The molecule has 0 atom stereocenters. The lowest BCUT2D eigenvalue weighted by Gasteiger charge is -2.27. The van der Waals surface area contributed by atoms with E-state index in [1.807, 2.05) is 32.1 Å². The fraction of sp³-hybridized carbons (Fsp3) is 0.286. The van der Waals surface area contributed by atoms with Crippen molar-refractivity contribution in [2.75, 3.05) is 26.3 Å². The number of benzene rings is 2. The van der Waals surface area contributed by atoms with Gasteiger partial charge < -0.3 is 9.84 Å². The van der Waals surface area contributed by atoms with Gasteiger partial charge in [0.1, 0.15) is 0 Å². The van der Waals surface area contributed by atoms with Crippen molar-refractivity contribution >= 4 is 17.3 Å². The third-order valence-electron chi connectivity index (χ3n) is 5.85. The summed E-state index contributed by atoms with van der Waals surface area (Å²) in [6, 6.07) is 16.8. The molecule has 5 nitrogen and oxygen atoms in total. The van der Waals surface area contributed by atoms with Crippen molar-refractivity contribution in [3.63, 3.8) is 0 Å². The molecule has 1 aliphatic heterocycles. The number of nitrogens with zero attached hydrogens (tertiary/aromatic N) is 2. The van der Waals surface area contributed by atoms with E-state index in [9.17, 15) is 9.90 Å². The molecule has 4 rings (SSSR count). The van der Waals surface area contributed by atoms with Gasteiger partial charge >= 0.3 is 5.97 Å². The number of aliphatic carboxylic acids is 1. The Labute approximate surface area is 195 Å². The van der Waals surface area contributed by atoms with Gasteiger partial charge in [-0.25, -0.2) is 4.79 Å². The first-order valence-electron chi connectivity index (χ1n) is 11.4. The summed E-state index contributed by atoms with van der Waals surface area (Å²) >= 11 is 0. The Morgan fingerprint density at radius 3 is 2.39 bits per heavy atom. The zero-order valence-electron chi connectivity index (χ0n) is 19.3. The average Bonchev–Trinajstić information content (AvgIpc) is 2.81. The standard InChI is InChI=1S/C28H30N2O3/c1-19(2)29-27-20(3)16-24(17-26(27)28(31)32)21-8-10-22(11-9-21)25-7-5-4-6-23(25)18-30-12-14-33-15-13-30/h4-11,16-17,19H,3,12-15,18H2,1-2H3,(H,31,32). The first kappa shape index (κ1) is 22.9. The van der Waals surface area contributed by atoms with Crippen molar-refractivity contribution in [1.82, 2.24) is 4.90 Å². The molecule has 2 aromatic carbocycles. The van der Waals surface area contributed by atoms with E-state index >= 15 is 0 Å². The number of hydrogen-bond acceptors (Lipinski definition) is 4. The summed E-state index contributed by atoms with van der Waals surface area (Å²) in [4.78, 5) is 18.8. The van der Waals surface area contributed by atoms with Crippen molar-refractivity contribution in [3.8, 4) is 11.1 Å². The average molecular weight is 443 g/mol. The van der Waals surface area contributed by atoms with Crippen LogP contribution in [0.4, 0.5) is 0 Å². The third kappa shape index (κ3) is 5.38. The second kappa shape index (κ2) is 10.1. The minimum absolute atomic E-state index is 0.00809. The Morgan fingerprint density at radius 1 is 1.06 bits per heavy atom. The number of ether oxygens (including phenoxy) is 1. The molecule has 0 bridgehead atoms. The molecule has 1 heterocycles. The summed E-state index contributed by atoms with van der Waals surface area (Å²) in [5, 5.41) is 9.73. The Balaban J connectivity index is 1.61. The van der Waals surface area contributed by atoms with Crippen LogP contribution in [0.25, 0.3) is 16.7 Å². The number of aliphatic imine (C=N–C) groups is 1. The summed E-state index contributed by atoms with van der Waals surface area (Å²) in [6.45, 7) is 12.3. The van der Waals surface area contributed by atoms with Gasteiger partial charge in [-0.05, 0) is 59.4 Å². The molecule has 0 spiro atoms. The third-order valence-corrected chi connectivity index (χ3v) is 5.85. The molecule has 0 amide bonds. The molecule has 0 radical (unpaired) electrons. The maximum absolute atomic E-state index is 11.9. The van der Waals surface area contributed by atoms with Crippen LogP contribution in [-0.4, -0.2) is 54.0 Å². The van der Waals surface area contributed by atoms with Crippen molar-refractivity contribution in [1.29, 1.82) is 0 Å². The van der Waals surface area contributed by atoms with Crippen LogP contribution in [0.5, 0.6) is 0 Å². The monoisotopic (exact) mass is 442 g/mol. The van der Waals surface area contributed by atoms with E-state index in [-0.39, 0.29) is 11.6 Å². The summed E-state index contributed by atoms with van der Waals surface area (Å²) in [5.41, 5.74) is 6.69. The Kier molecular flexibility index (Phi) is 7.02. The van der Waals surface area contributed by atoms with Crippen LogP contribution >= 0.6 is 0 Å². The normalized spacial score (nSPS) is 18.4. The molecule has 0 saturated carbocycles. The van der Waals surface area contributed by atoms with E-state index in [2.05, 4.69) is 52.9 Å². The van der Waals surface area contributed by atoms with Crippen LogP contribution in [0.1, 0.15) is 25.0 Å². The molecular weight excluding hydrogens is 412 g/mol. The van der Waals surface area contributed by atoms with Crippen LogP contribution in [0.3, 0.4) is 0 Å². The number of rotatable bonds is 6. The number of carboxylic acids is 1. The van der Waals surface area contributed by atoms with E-state index < -0.39 is 5.97 Å². The van der Waals surface area contributed by atoms with E-state index in [1.165, 1.54) is 11.1 Å². The van der Waals surface area contributed by atoms with Crippen molar-refractivity contribution in [3.05, 3.63) is 89.5 Å². The molecule has 0 unspecified atom stereocenters. The molecule has 1 saturated heterocycles. The lowest BCUT2D eigenvalue weighted by molar-refractivity contribution is -0.132. The van der Waals surface area contributed by atoms with Gasteiger partial charge in [0.2, 0.25) is 0 Å². The second-order valence-corrected chi connectivity index (χ2v) is 8.68. The fourth-order valence-corrected chi connectivity index (χ4v) is 4.22. The number of carboxylic acid groups (broad SMARTS) is 1. The minimum atomic E-state index is -0.991. The topological polar surface area (TPSA) is 62.1 Å². The minimum Gasteiger partial charge on any atom is -0.478 e. The molecule has 170 valence electrons. The van der Waals surface area contributed by atoms with Gasteiger partial charge in [-0.1, -0.05) is 55.1 Å². The highest BCUT2D eigenvalue weighted by Gasteiger charge is 2.22. The maximum atomic E-state index is 11.9. The smallest absolute Gasteiger partial charge is 0.337 e. The van der Waals surface area contributed by atoms with Gasteiger partial charge in [0, 0.05) is 25.7 Å². The van der Waals surface area contributed by atoms with Gasteiger partial charge in [0.25, 0.3) is 0 Å². The molecule has 1 fully saturated rings. The zero-order chi connectivity index (χ0) is 23.4. The van der Waals surface area contributed by atoms with Gasteiger partial charge in [0.05, 0.1) is 24.5 Å². The van der Waals surface area contributed by atoms with Crippen molar-refractivity contribution < 1.29 is 14.6 Å². The highest BCUT2D eigenvalue weighted by atomic mass is 16.5. The second-order valence-electron chi connectivity index (χ2n) is 8.68. The summed E-state index contributed by atoms with van der Waals surface area (Å²) in [7, 11) is 0. The van der Waals surface area contributed by atoms with Crippen LogP contribution in [-0.2, 0) is 16.1 Å². The van der Waals surface area contributed by atoms with E-state index in [0.717, 1.165) is 49.5 Å².